The summed E-state index contributed by atoms with van der Waals surface area (Å²) in [6.07, 6.45) is 0.0394. The van der Waals surface area contributed by atoms with Crippen LogP contribution in [-0.2, 0) is 9.59 Å². The van der Waals surface area contributed by atoms with Gasteiger partial charge in [0, 0.05) is 29.2 Å². The molecule has 0 aliphatic carbocycles. The maximum absolute atomic E-state index is 12.9. The number of halogens is 1. The summed E-state index contributed by atoms with van der Waals surface area (Å²) in [7, 11) is 1.55. The summed E-state index contributed by atoms with van der Waals surface area (Å²) in [6, 6.07) is 16.8. The summed E-state index contributed by atoms with van der Waals surface area (Å²) in [5.41, 5.74) is 2.33. The molecule has 1 saturated heterocycles. The molecule has 0 saturated carbocycles. The van der Waals surface area contributed by atoms with E-state index in [2.05, 4.69) is 15.9 Å². The predicted octanol–water partition coefficient (Wildman–Crippen LogP) is 4.53. The third-order valence-electron chi connectivity index (χ3n) is 6.30. The number of amides is 3. The molecule has 1 fully saturated rings. The fourth-order valence-electron chi connectivity index (χ4n) is 4.47. The number of carbonyl (C=O) groups excluding carboxylic acids is 4. The number of hydrogen-bond donors (Lipinski definition) is 0. The maximum atomic E-state index is 12.9. The Bertz CT molecular complexity index is 1440. The molecule has 5 rings (SSSR count). The van der Waals surface area contributed by atoms with E-state index in [1.54, 1.807) is 73.5 Å². The lowest BCUT2D eigenvalue weighted by molar-refractivity contribution is -0.139. The Morgan fingerprint density at radius 2 is 1.72 bits per heavy atom. The van der Waals surface area contributed by atoms with Crippen LogP contribution in [0.2, 0.25) is 0 Å². The van der Waals surface area contributed by atoms with Gasteiger partial charge in [0.1, 0.15) is 11.5 Å². The summed E-state index contributed by atoms with van der Waals surface area (Å²) in [5, 5.41) is 0. The zero-order valence-electron chi connectivity index (χ0n) is 19.5. The molecule has 0 spiro atoms. The fourth-order valence-corrected chi connectivity index (χ4v) is 4.83. The number of hydrogen-bond acceptors (Lipinski definition) is 6. The first-order valence-electron chi connectivity index (χ1n) is 11.2. The van der Waals surface area contributed by atoms with Crippen molar-refractivity contribution in [1.82, 2.24) is 0 Å². The van der Waals surface area contributed by atoms with E-state index in [4.69, 9.17) is 9.47 Å². The number of methoxy groups -OCH3 is 1. The van der Waals surface area contributed by atoms with Gasteiger partial charge in [0.25, 0.3) is 11.8 Å². The van der Waals surface area contributed by atoms with Gasteiger partial charge in [0.2, 0.25) is 5.91 Å². The number of nitrogens with zero attached hydrogens (tertiary/aromatic N) is 2. The second-order valence-corrected chi connectivity index (χ2v) is 9.53. The highest BCUT2D eigenvalue weighted by atomic mass is 79.9. The lowest BCUT2D eigenvalue weighted by Gasteiger charge is -2.18. The van der Waals surface area contributed by atoms with Crippen LogP contribution in [0.5, 0.6) is 11.5 Å². The van der Waals surface area contributed by atoms with Gasteiger partial charge in [0.15, 0.2) is 0 Å². The molecule has 3 aromatic carbocycles. The van der Waals surface area contributed by atoms with Crippen molar-refractivity contribution in [2.75, 3.05) is 23.5 Å². The maximum Gasteiger partial charge on any atom is 0.316 e. The van der Waals surface area contributed by atoms with Gasteiger partial charge in [-0.2, -0.15) is 0 Å². The van der Waals surface area contributed by atoms with Crippen molar-refractivity contribution < 1.29 is 28.7 Å². The standard InChI is InChI=1S/C27H21BrN2O6/c1-15-10-20(7-9-23(15)30-25(32)21-8-6-17(28)12-22(21)26(30)33)36-27(34)16-11-24(31)29(14-16)18-4-3-5-19(13-18)35-2/h3-10,12-13,16H,11,14H2,1-2H3/t16-/m1/s1. The third kappa shape index (κ3) is 4.15. The third-order valence-corrected chi connectivity index (χ3v) is 6.79. The molecule has 0 bridgehead atoms. The zero-order valence-corrected chi connectivity index (χ0v) is 21.1. The summed E-state index contributed by atoms with van der Waals surface area (Å²) in [4.78, 5) is 53.9. The summed E-state index contributed by atoms with van der Waals surface area (Å²) in [6.45, 7) is 1.93. The summed E-state index contributed by atoms with van der Waals surface area (Å²) < 4.78 is 11.5. The minimum absolute atomic E-state index is 0.0394. The smallest absolute Gasteiger partial charge is 0.316 e. The largest absolute Gasteiger partial charge is 0.497 e. The minimum atomic E-state index is -0.627. The van der Waals surface area contributed by atoms with Gasteiger partial charge in [-0.15, -0.1) is 0 Å². The molecule has 182 valence electrons. The molecule has 2 aliphatic heterocycles. The highest BCUT2D eigenvalue weighted by Gasteiger charge is 2.38. The van der Waals surface area contributed by atoms with E-state index in [-0.39, 0.29) is 24.6 Å². The second-order valence-electron chi connectivity index (χ2n) is 8.61. The first-order valence-corrected chi connectivity index (χ1v) is 12.0. The molecule has 9 heteroatoms. The van der Waals surface area contributed by atoms with Gasteiger partial charge in [-0.3, -0.25) is 19.2 Å². The average Bonchev–Trinajstić information content (AvgIpc) is 3.37. The molecule has 3 amide bonds. The second kappa shape index (κ2) is 9.23. The molecule has 0 unspecified atom stereocenters. The van der Waals surface area contributed by atoms with Crippen molar-refractivity contribution in [1.29, 1.82) is 0 Å². The lowest BCUT2D eigenvalue weighted by atomic mass is 10.1. The summed E-state index contributed by atoms with van der Waals surface area (Å²) >= 11 is 3.33. The Kier molecular flexibility index (Phi) is 6.09. The van der Waals surface area contributed by atoms with Crippen LogP contribution in [0.1, 0.15) is 32.7 Å². The molecule has 0 aromatic heterocycles. The molecule has 2 aliphatic rings. The Balaban J connectivity index is 1.30. The normalized spacial score (nSPS) is 17.0. The SMILES string of the molecule is COc1cccc(N2C[C@H](C(=O)Oc3ccc(N4C(=O)c5ccc(Br)cc5C4=O)c(C)c3)CC2=O)c1. The summed E-state index contributed by atoms with van der Waals surface area (Å²) in [5.74, 6) is -1.25. The van der Waals surface area contributed by atoms with Crippen molar-refractivity contribution in [2.24, 2.45) is 5.92 Å². The van der Waals surface area contributed by atoms with E-state index >= 15 is 0 Å². The fraction of sp³-hybridized carbons (Fsp3) is 0.185. The molecule has 1 atom stereocenters. The number of rotatable bonds is 5. The van der Waals surface area contributed by atoms with Gasteiger partial charge < -0.3 is 14.4 Å². The van der Waals surface area contributed by atoms with Crippen LogP contribution >= 0.6 is 15.9 Å². The predicted molar refractivity (Wildman–Crippen MR) is 136 cm³/mol. The van der Waals surface area contributed by atoms with Crippen molar-refractivity contribution in [3.63, 3.8) is 0 Å². The number of ether oxygens (including phenoxy) is 2. The number of benzene rings is 3. The van der Waals surface area contributed by atoms with Crippen LogP contribution < -0.4 is 19.3 Å². The first kappa shape index (κ1) is 23.7. The number of imide groups is 1. The number of fused-ring (bicyclic) bond motifs is 1. The highest BCUT2D eigenvalue weighted by molar-refractivity contribution is 9.10. The molecule has 0 radical (unpaired) electrons. The van der Waals surface area contributed by atoms with Gasteiger partial charge in [-0.05, 0) is 61.0 Å². The van der Waals surface area contributed by atoms with E-state index in [1.807, 2.05) is 0 Å². The van der Waals surface area contributed by atoms with Gasteiger partial charge in [0.05, 0.1) is 29.8 Å². The van der Waals surface area contributed by atoms with E-state index in [0.29, 0.717) is 38.3 Å². The van der Waals surface area contributed by atoms with E-state index < -0.39 is 23.7 Å². The average molecular weight is 549 g/mol. The van der Waals surface area contributed by atoms with Gasteiger partial charge >= 0.3 is 5.97 Å². The van der Waals surface area contributed by atoms with Crippen molar-refractivity contribution in [2.45, 2.75) is 13.3 Å². The quantitative estimate of drug-likeness (QED) is 0.264. The molecule has 0 N–H and O–H groups in total. The first-order chi connectivity index (χ1) is 17.3. The molecular weight excluding hydrogens is 528 g/mol. The van der Waals surface area contributed by atoms with Crippen LogP contribution in [0.15, 0.2) is 65.1 Å². The Hall–Kier alpha value is -3.98. The highest BCUT2D eigenvalue weighted by Crippen LogP contribution is 2.34. The topological polar surface area (TPSA) is 93.2 Å². The van der Waals surface area contributed by atoms with Crippen LogP contribution in [0.3, 0.4) is 0 Å². The van der Waals surface area contributed by atoms with Crippen LogP contribution in [0.25, 0.3) is 0 Å². The molecule has 8 nitrogen and oxygen atoms in total. The van der Waals surface area contributed by atoms with Crippen LogP contribution in [-0.4, -0.2) is 37.3 Å². The lowest BCUT2D eigenvalue weighted by Crippen LogP contribution is -2.30. The van der Waals surface area contributed by atoms with Crippen molar-refractivity contribution >= 4 is 51.0 Å². The monoisotopic (exact) mass is 548 g/mol. The molecular formula is C27H21BrN2O6. The zero-order chi connectivity index (χ0) is 25.6. The van der Waals surface area contributed by atoms with Gasteiger partial charge in [-0.1, -0.05) is 22.0 Å². The number of anilines is 2. The number of carbonyl (C=O) groups is 4. The van der Waals surface area contributed by atoms with Gasteiger partial charge in [-0.25, -0.2) is 4.90 Å². The molecule has 36 heavy (non-hydrogen) atoms. The molecule has 3 aromatic rings. The minimum Gasteiger partial charge on any atom is -0.497 e. The Morgan fingerprint density at radius 1 is 0.944 bits per heavy atom. The van der Waals surface area contributed by atoms with E-state index in [9.17, 15) is 19.2 Å². The van der Waals surface area contributed by atoms with Crippen molar-refractivity contribution in [3.05, 3.63) is 81.8 Å². The van der Waals surface area contributed by atoms with Crippen LogP contribution in [0, 0.1) is 12.8 Å². The van der Waals surface area contributed by atoms with Crippen LogP contribution in [0.4, 0.5) is 11.4 Å². The van der Waals surface area contributed by atoms with Crippen molar-refractivity contribution in [3.8, 4) is 11.5 Å². The molecule has 2 heterocycles. The van der Waals surface area contributed by atoms with E-state index in [1.165, 1.54) is 6.07 Å². The Morgan fingerprint density at radius 3 is 2.47 bits per heavy atom. The van der Waals surface area contributed by atoms with E-state index in [0.717, 1.165) is 4.90 Å². The Labute approximate surface area is 215 Å². The number of aryl methyl sites for hydroxylation is 1. The number of esters is 1.